The number of aliphatic hydroxyl groups excluding tert-OH is 4. The Morgan fingerprint density at radius 3 is 2.14 bits per heavy atom. The number of aliphatic hydroxyl groups is 5. The van der Waals surface area contributed by atoms with E-state index in [2.05, 4.69) is 6.92 Å². The number of rotatable bonds is 22. The normalized spacial score (nSPS) is 17.0. The molecule has 0 aliphatic rings. The van der Waals surface area contributed by atoms with Crippen molar-refractivity contribution in [3.63, 3.8) is 0 Å². The van der Waals surface area contributed by atoms with Crippen LogP contribution in [0.1, 0.15) is 104 Å². The van der Waals surface area contributed by atoms with Crippen molar-refractivity contribution in [1.82, 2.24) is 0 Å². The number of allylic oxidation sites excluding steroid dienone is 1. The van der Waals surface area contributed by atoms with Crippen LogP contribution in [0.5, 0.6) is 0 Å². The Hall–Kier alpha value is -1.52. The van der Waals surface area contributed by atoms with Gasteiger partial charge in [0, 0.05) is 12.8 Å². The van der Waals surface area contributed by atoms with Crippen molar-refractivity contribution < 1.29 is 45.0 Å². The van der Waals surface area contributed by atoms with Crippen molar-refractivity contribution in [2.45, 2.75) is 134 Å². The van der Waals surface area contributed by atoms with Gasteiger partial charge in [-0.15, -0.1) is 0 Å². The van der Waals surface area contributed by atoms with Crippen LogP contribution in [0.15, 0.2) is 12.2 Å². The quantitative estimate of drug-likeness (QED) is 0.0738. The summed E-state index contributed by atoms with van der Waals surface area (Å²) in [5.74, 6) is -1.82. The van der Waals surface area contributed by atoms with Crippen LogP contribution in [0.25, 0.3) is 0 Å². The molecule has 4 unspecified atom stereocenters. The number of esters is 1. The van der Waals surface area contributed by atoms with Gasteiger partial charge in [0.25, 0.3) is 0 Å². The molecule has 0 aliphatic heterocycles. The molecular formula is C26H48O9. The van der Waals surface area contributed by atoms with Gasteiger partial charge in [-0.25, -0.2) is 4.79 Å². The van der Waals surface area contributed by atoms with Crippen LogP contribution in [-0.4, -0.2) is 79.2 Å². The summed E-state index contributed by atoms with van der Waals surface area (Å²) in [5, 5.41) is 58.3. The first kappa shape index (κ1) is 33.5. The fourth-order valence-corrected chi connectivity index (χ4v) is 3.79. The monoisotopic (exact) mass is 504 g/mol. The Bertz CT molecular complexity index is 595. The van der Waals surface area contributed by atoms with Crippen molar-refractivity contribution >= 4 is 11.9 Å². The standard InChI is InChI=1S/C26H48O9/c1-3-5-6-13-16-20(17-14-11-9-7-8-10-12-15-18-22(29)30)35-25(33)26(34,4-2)24(32)23(31)21(28)19-27/h11,14,20-21,23-24,27-28,31-32,34H,3-10,12-13,15-19H2,1-2H3,(H,29,30)/t20-,21?,23?,24?,26?/m1/s1. The Labute approximate surface area is 209 Å². The van der Waals surface area contributed by atoms with Gasteiger partial charge in [-0.1, -0.05) is 64.5 Å². The predicted molar refractivity (Wildman–Crippen MR) is 133 cm³/mol. The lowest BCUT2D eigenvalue weighted by atomic mass is 9.88. The maximum absolute atomic E-state index is 12.8. The largest absolute Gasteiger partial charge is 0.481 e. The van der Waals surface area contributed by atoms with Crippen LogP contribution in [0.3, 0.4) is 0 Å². The second kappa shape index (κ2) is 19.6. The third-order valence-electron chi connectivity index (χ3n) is 6.27. The van der Waals surface area contributed by atoms with E-state index in [1.54, 1.807) is 0 Å². The molecule has 0 aliphatic carbocycles. The SMILES string of the molecule is CCCCCC[C@H](CC=CCCCCCCCC(=O)O)OC(=O)C(O)(CC)C(O)C(O)C(O)CO. The summed E-state index contributed by atoms with van der Waals surface area (Å²) in [5.41, 5.74) is -2.42. The molecule has 0 aromatic heterocycles. The molecule has 0 heterocycles. The highest BCUT2D eigenvalue weighted by Crippen LogP contribution is 2.24. The van der Waals surface area contributed by atoms with Gasteiger partial charge in [-0.3, -0.25) is 4.79 Å². The molecule has 0 spiro atoms. The van der Waals surface area contributed by atoms with Gasteiger partial charge in [-0.05, 0) is 38.5 Å². The second-order valence-electron chi connectivity index (χ2n) is 9.25. The summed E-state index contributed by atoms with van der Waals surface area (Å²) < 4.78 is 5.56. The van der Waals surface area contributed by atoms with E-state index in [1.807, 2.05) is 12.2 Å². The smallest absolute Gasteiger partial charge is 0.341 e. The van der Waals surface area contributed by atoms with E-state index < -0.39 is 48.6 Å². The molecule has 0 amide bonds. The highest BCUT2D eigenvalue weighted by atomic mass is 16.6. The van der Waals surface area contributed by atoms with Crippen LogP contribution in [0.4, 0.5) is 0 Å². The molecule has 0 saturated carbocycles. The first-order valence-electron chi connectivity index (χ1n) is 13.1. The van der Waals surface area contributed by atoms with Gasteiger partial charge in [0.1, 0.15) is 24.4 Å². The van der Waals surface area contributed by atoms with Crippen LogP contribution in [0.2, 0.25) is 0 Å². The maximum atomic E-state index is 12.8. The summed E-state index contributed by atoms with van der Waals surface area (Å²) in [4.78, 5) is 23.3. The van der Waals surface area contributed by atoms with Crippen LogP contribution >= 0.6 is 0 Å². The zero-order chi connectivity index (χ0) is 26.7. The van der Waals surface area contributed by atoms with Gasteiger partial charge in [0.05, 0.1) is 6.61 Å². The number of carboxylic acid groups (broad SMARTS) is 1. The predicted octanol–water partition coefficient (Wildman–Crippen LogP) is 2.85. The minimum absolute atomic E-state index is 0.212. The van der Waals surface area contributed by atoms with E-state index in [-0.39, 0.29) is 12.8 Å². The molecule has 6 N–H and O–H groups in total. The van der Waals surface area contributed by atoms with Crippen molar-refractivity contribution in [3.05, 3.63) is 12.2 Å². The molecule has 0 fully saturated rings. The van der Waals surface area contributed by atoms with E-state index >= 15 is 0 Å². The van der Waals surface area contributed by atoms with Gasteiger partial charge in [0.15, 0.2) is 5.60 Å². The van der Waals surface area contributed by atoms with E-state index in [4.69, 9.17) is 14.9 Å². The number of carboxylic acids is 1. The molecule has 9 heteroatoms. The summed E-state index contributed by atoms with van der Waals surface area (Å²) in [6, 6.07) is 0. The zero-order valence-electron chi connectivity index (χ0n) is 21.5. The molecule has 9 nitrogen and oxygen atoms in total. The van der Waals surface area contributed by atoms with Crippen molar-refractivity contribution in [3.8, 4) is 0 Å². The molecule has 0 rings (SSSR count). The Balaban J connectivity index is 4.83. The summed E-state index contributed by atoms with van der Waals surface area (Å²) in [6.45, 7) is 2.72. The van der Waals surface area contributed by atoms with E-state index in [1.165, 1.54) is 6.92 Å². The third-order valence-corrected chi connectivity index (χ3v) is 6.27. The average Bonchev–Trinajstić information content (AvgIpc) is 2.84. The van der Waals surface area contributed by atoms with Crippen LogP contribution < -0.4 is 0 Å². The van der Waals surface area contributed by atoms with Crippen molar-refractivity contribution in [2.75, 3.05) is 6.61 Å². The highest BCUT2D eigenvalue weighted by Gasteiger charge is 2.48. The van der Waals surface area contributed by atoms with Crippen LogP contribution in [-0.2, 0) is 14.3 Å². The third kappa shape index (κ3) is 14.0. The fraction of sp³-hybridized carbons (Fsp3) is 0.846. The number of hydrogen-bond donors (Lipinski definition) is 6. The minimum atomic E-state index is -2.42. The lowest BCUT2D eigenvalue weighted by Crippen LogP contribution is -2.58. The molecule has 5 atom stereocenters. The zero-order valence-corrected chi connectivity index (χ0v) is 21.5. The lowest BCUT2D eigenvalue weighted by molar-refractivity contribution is -0.201. The molecule has 206 valence electrons. The minimum Gasteiger partial charge on any atom is -0.481 e. The first-order chi connectivity index (χ1) is 16.6. The molecule has 35 heavy (non-hydrogen) atoms. The van der Waals surface area contributed by atoms with Gasteiger partial charge in [0.2, 0.25) is 0 Å². The molecule has 0 bridgehead atoms. The molecule has 0 aromatic carbocycles. The number of aliphatic carboxylic acids is 1. The number of hydrogen-bond acceptors (Lipinski definition) is 8. The van der Waals surface area contributed by atoms with Gasteiger partial charge in [-0.2, -0.15) is 0 Å². The molecular weight excluding hydrogens is 456 g/mol. The molecule has 0 aromatic rings. The number of ether oxygens (including phenoxy) is 1. The number of carbonyl (C=O) groups is 2. The van der Waals surface area contributed by atoms with E-state index in [9.17, 15) is 30.0 Å². The Kier molecular flexibility index (Phi) is 18.8. The van der Waals surface area contributed by atoms with Crippen molar-refractivity contribution in [1.29, 1.82) is 0 Å². The number of carbonyl (C=O) groups excluding carboxylic acids is 1. The Morgan fingerprint density at radius 1 is 0.914 bits per heavy atom. The van der Waals surface area contributed by atoms with Gasteiger partial charge < -0.3 is 35.4 Å². The highest BCUT2D eigenvalue weighted by molar-refractivity contribution is 5.80. The topological polar surface area (TPSA) is 165 Å². The van der Waals surface area contributed by atoms with Crippen LogP contribution in [0, 0.1) is 0 Å². The summed E-state index contributed by atoms with van der Waals surface area (Å²) in [7, 11) is 0. The summed E-state index contributed by atoms with van der Waals surface area (Å²) >= 11 is 0. The fourth-order valence-electron chi connectivity index (χ4n) is 3.79. The van der Waals surface area contributed by atoms with Crippen molar-refractivity contribution in [2.24, 2.45) is 0 Å². The number of unbranched alkanes of at least 4 members (excludes halogenated alkanes) is 8. The second-order valence-corrected chi connectivity index (χ2v) is 9.25. The molecule has 0 radical (unpaired) electrons. The maximum Gasteiger partial charge on any atom is 0.341 e. The Morgan fingerprint density at radius 2 is 1.54 bits per heavy atom. The van der Waals surface area contributed by atoms with Gasteiger partial charge >= 0.3 is 11.9 Å². The average molecular weight is 505 g/mol. The summed E-state index contributed by atoms with van der Waals surface area (Å²) in [6.07, 6.45) is 8.24. The first-order valence-corrected chi connectivity index (χ1v) is 13.1. The van der Waals surface area contributed by atoms with E-state index in [0.29, 0.717) is 19.3 Å². The molecule has 0 saturated heterocycles. The van der Waals surface area contributed by atoms with E-state index in [0.717, 1.165) is 57.8 Å². The lowest BCUT2D eigenvalue weighted by Gasteiger charge is -2.35.